The van der Waals surface area contributed by atoms with Crippen LogP contribution < -0.4 is 16.5 Å². The van der Waals surface area contributed by atoms with Crippen molar-refractivity contribution in [3.05, 3.63) is 44.7 Å². The smallest absolute Gasteiger partial charge is 0.353 e. The number of aromatic nitrogens is 2. The number of nitrogens with one attached hydrogen (secondary N) is 2. The maximum absolute atomic E-state index is 13.1. The van der Waals surface area contributed by atoms with Crippen LogP contribution in [0.2, 0.25) is 4.34 Å². The van der Waals surface area contributed by atoms with Crippen LogP contribution in [-0.2, 0) is 20.1 Å². The molecule has 0 unspecified atom stereocenters. The Balaban J connectivity index is 1.46. The van der Waals surface area contributed by atoms with Gasteiger partial charge in [-0.25, -0.2) is 14.8 Å². The predicted molar refractivity (Wildman–Crippen MR) is 162 cm³/mol. The van der Waals surface area contributed by atoms with Gasteiger partial charge in [-0.2, -0.15) is 11.8 Å². The van der Waals surface area contributed by atoms with Crippen molar-refractivity contribution in [1.82, 2.24) is 30.6 Å². The number of carbonyl (C=O) groups excluding carboxylic acids is 2. The van der Waals surface area contributed by atoms with Gasteiger partial charge in [0, 0.05) is 52.5 Å². The molecular formula is C23H27ClN8O5S4. The van der Waals surface area contributed by atoms with E-state index in [-0.39, 0.29) is 20.9 Å². The summed E-state index contributed by atoms with van der Waals surface area (Å²) in [5.74, 6) is -0.824. The van der Waals surface area contributed by atoms with Gasteiger partial charge >= 0.3 is 5.97 Å². The first kappa shape index (κ1) is 31.4. The average molecular weight is 659 g/mol. The summed E-state index contributed by atoms with van der Waals surface area (Å²) in [6.07, 6.45) is 3.42. The van der Waals surface area contributed by atoms with Gasteiger partial charge in [0.25, 0.3) is 11.8 Å². The highest BCUT2D eigenvalue weighted by molar-refractivity contribution is 8.06. The number of amides is 2. The van der Waals surface area contributed by atoms with Crippen LogP contribution in [-0.4, -0.2) is 96.7 Å². The number of carboxylic acids is 1. The topological polar surface area (TPSA) is 186 Å². The molecular weight excluding hydrogens is 632 g/mol. The second kappa shape index (κ2) is 14.1. The number of hydrogen-bond acceptors (Lipinski definition) is 14. The molecule has 41 heavy (non-hydrogen) atoms. The van der Waals surface area contributed by atoms with Gasteiger partial charge in [0.15, 0.2) is 10.8 Å². The average Bonchev–Trinajstić information content (AvgIpc) is 3.29. The van der Waals surface area contributed by atoms with E-state index in [0.717, 1.165) is 40.6 Å². The lowest BCUT2D eigenvalue weighted by molar-refractivity contribution is -0.150. The van der Waals surface area contributed by atoms with E-state index in [1.54, 1.807) is 24.2 Å². The van der Waals surface area contributed by atoms with Crippen molar-refractivity contribution in [2.45, 2.75) is 29.0 Å². The van der Waals surface area contributed by atoms with Crippen molar-refractivity contribution in [3.63, 3.8) is 0 Å². The fraction of sp³-hybridized carbons (Fsp3) is 0.391. The zero-order valence-electron chi connectivity index (χ0n) is 21.9. The van der Waals surface area contributed by atoms with Gasteiger partial charge in [-0.1, -0.05) is 46.8 Å². The van der Waals surface area contributed by atoms with Gasteiger partial charge in [-0.15, -0.1) is 11.8 Å². The molecule has 6 N–H and O–H groups in total. The molecule has 0 bridgehead atoms. The van der Waals surface area contributed by atoms with Crippen molar-refractivity contribution in [1.29, 1.82) is 0 Å². The number of rotatable bonds is 13. The molecule has 0 aromatic carbocycles. The largest absolute Gasteiger partial charge is 0.477 e. The lowest BCUT2D eigenvalue weighted by Gasteiger charge is -2.49. The first-order valence-corrected chi connectivity index (χ1v) is 16.4. The third-order valence-corrected chi connectivity index (χ3v) is 10.9. The molecule has 2 amide bonds. The van der Waals surface area contributed by atoms with Crippen LogP contribution in [0.3, 0.4) is 0 Å². The van der Waals surface area contributed by atoms with Crippen LogP contribution in [0.4, 0.5) is 5.13 Å². The molecule has 13 nitrogen and oxygen atoms in total. The van der Waals surface area contributed by atoms with Gasteiger partial charge in [0.1, 0.15) is 27.1 Å². The molecule has 1 saturated heterocycles. The molecule has 2 aliphatic rings. The fourth-order valence-corrected chi connectivity index (χ4v) is 8.61. The number of nitrogen functional groups attached to an aromatic ring is 1. The molecule has 220 valence electrons. The van der Waals surface area contributed by atoms with E-state index in [4.69, 9.17) is 17.3 Å². The number of oxime groups is 1. The third kappa shape index (κ3) is 6.93. The number of anilines is 1. The molecule has 0 radical (unpaired) electrons. The van der Waals surface area contributed by atoms with E-state index in [1.165, 1.54) is 28.4 Å². The number of fused-ring (bicyclic) bond motifs is 1. The first-order chi connectivity index (χ1) is 19.7. The molecule has 1 fully saturated rings. The van der Waals surface area contributed by atoms with Gasteiger partial charge in [0.2, 0.25) is 0 Å². The number of nitrogens with two attached hydrogens (primary N) is 1. The Labute approximate surface area is 257 Å². The number of pyridine rings is 1. The monoisotopic (exact) mass is 658 g/mol. The van der Waals surface area contributed by atoms with Crippen LogP contribution in [0.5, 0.6) is 0 Å². The standard InChI is InChI=1S/C23H27ClN8O5S4/c1-3-31(26-2)6-7-38-9-11-8-27-5-4-12(11)40-13-10-39-21-16(20(34)32(21)17(13)22(35)36)28-19(33)15(30-37)14-18(24)41-23(25)29-14/h4-5,8,16,21,26,37H,3,6-7,9-10H2,1-2H3,(H2,25,29)(H,28,33)(H,35,36)/b30-15-/t16-,21+/m1/s1. The Bertz CT molecular complexity index is 1390. The van der Waals surface area contributed by atoms with E-state index in [9.17, 15) is 24.7 Å². The number of thioether (sulfide) groups is 3. The first-order valence-electron chi connectivity index (χ1n) is 12.2. The number of carbonyl (C=O) groups is 3. The lowest BCUT2D eigenvalue weighted by Crippen LogP contribution is -2.71. The van der Waals surface area contributed by atoms with Gasteiger partial charge in [0.05, 0.1) is 0 Å². The van der Waals surface area contributed by atoms with Gasteiger partial charge < -0.3 is 21.4 Å². The molecule has 0 saturated carbocycles. The molecule has 18 heteroatoms. The molecule has 0 spiro atoms. The lowest BCUT2D eigenvalue weighted by atomic mass is 10.0. The zero-order chi connectivity index (χ0) is 29.7. The SMILES string of the molecule is CCN(CCSCc1cnccc1SC1=C(C(=O)O)N2C(=O)[C@@H](NC(=O)/C(=N\O)c3nc(N)sc3Cl)[C@@H]2SC1)NC. The summed E-state index contributed by atoms with van der Waals surface area (Å²) in [6, 6.07) is 0.802. The summed E-state index contributed by atoms with van der Waals surface area (Å²) in [5.41, 5.74) is 8.98. The second-order valence-corrected chi connectivity index (χ2v) is 13.5. The van der Waals surface area contributed by atoms with Crippen molar-refractivity contribution in [3.8, 4) is 0 Å². The van der Waals surface area contributed by atoms with E-state index in [0.29, 0.717) is 16.4 Å². The minimum absolute atomic E-state index is 0.0478. The number of hydrogen-bond donors (Lipinski definition) is 5. The van der Waals surface area contributed by atoms with E-state index in [2.05, 4.69) is 37.8 Å². The number of thiazole rings is 1. The summed E-state index contributed by atoms with van der Waals surface area (Å²) < 4.78 is 0.0478. The molecule has 0 aliphatic carbocycles. The number of carboxylic acid groups (broad SMARTS) is 1. The van der Waals surface area contributed by atoms with Crippen LogP contribution in [0.15, 0.2) is 39.1 Å². The maximum atomic E-state index is 13.1. The van der Waals surface area contributed by atoms with Crippen LogP contribution >= 0.6 is 58.2 Å². The van der Waals surface area contributed by atoms with E-state index in [1.807, 2.05) is 13.1 Å². The normalized spacial score (nSPS) is 18.9. The second-order valence-electron chi connectivity index (χ2n) is 8.50. The number of β-lactam (4-membered cyclic amide) rings is 1. The minimum atomic E-state index is -1.24. The summed E-state index contributed by atoms with van der Waals surface area (Å²) >= 11 is 11.3. The van der Waals surface area contributed by atoms with Crippen molar-refractivity contribution < 1.29 is 24.7 Å². The van der Waals surface area contributed by atoms with Crippen LogP contribution in [0.25, 0.3) is 0 Å². The summed E-state index contributed by atoms with van der Waals surface area (Å²) in [7, 11) is 1.89. The zero-order valence-corrected chi connectivity index (χ0v) is 25.9. The predicted octanol–water partition coefficient (Wildman–Crippen LogP) is 2.13. The van der Waals surface area contributed by atoms with Crippen molar-refractivity contribution >= 4 is 86.9 Å². The molecule has 4 rings (SSSR count). The summed E-state index contributed by atoms with van der Waals surface area (Å²) in [6.45, 7) is 3.84. The highest BCUT2D eigenvalue weighted by atomic mass is 35.5. The molecule has 2 aliphatic heterocycles. The number of halogens is 1. The Morgan fingerprint density at radius 3 is 2.83 bits per heavy atom. The highest BCUT2D eigenvalue weighted by Crippen LogP contribution is 2.46. The molecule has 4 heterocycles. The Morgan fingerprint density at radius 2 is 2.20 bits per heavy atom. The third-order valence-electron chi connectivity index (χ3n) is 6.12. The minimum Gasteiger partial charge on any atom is -0.477 e. The molecule has 2 atom stereocenters. The Kier molecular flexibility index (Phi) is 10.8. The van der Waals surface area contributed by atoms with E-state index < -0.39 is 34.9 Å². The van der Waals surface area contributed by atoms with Crippen LogP contribution in [0, 0.1) is 0 Å². The Morgan fingerprint density at radius 1 is 1.41 bits per heavy atom. The van der Waals surface area contributed by atoms with Crippen molar-refractivity contribution in [2.24, 2.45) is 5.16 Å². The number of hydrazine groups is 1. The van der Waals surface area contributed by atoms with Gasteiger partial charge in [-0.3, -0.25) is 24.9 Å². The Hall–Kier alpha value is -2.54. The highest BCUT2D eigenvalue weighted by Gasteiger charge is 2.54. The van der Waals surface area contributed by atoms with Gasteiger partial charge in [-0.05, 0) is 18.7 Å². The van der Waals surface area contributed by atoms with Crippen LogP contribution in [0.1, 0.15) is 18.2 Å². The van der Waals surface area contributed by atoms with E-state index >= 15 is 0 Å². The summed E-state index contributed by atoms with van der Waals surface area (Å²) in [5, 5.41) is 26.5. The quantitative estimate of drug-likeness (QED) is 0.0693. The molecule has 2 aromatic rings. The maximum Gasteiger partial charge on any atom is 0.353 e. The molecule has 2 aromatic heterocycles. The number of nitrogens with zero attached hydrogens (tertiary/aromatic N) is 5. The fourth-order valence-electron chi connectivity index (χ4n) is 4.08. The van der Waals surface area contributed by atoms with Crippen molar-refractivity contribution in [2.75, 3.05) is 37.4 Å². The summed E-state index contributed by atoms with van der Waals surface area (Å²) in [4.78, 5) is 49.0. The number of aliphatic carboxylic acids is 1.